The Hall–Kier alpha value is -7.80. The molecule has 322 valence electrons. The van der Waals surface area contributed by atoms with E-state index in [1.54, 1.807) is 0 Å². The minimum absolute atomic E-state index is 0.0277. The van der Waals surface area contributed by atoms with Crippen LogP contribution in [0.25, 0.3) is 0 Å². The fraction of sp³-hybridized carbons (Fsp3) is 0.200. The first-order valence-electron chi connectivity index (χ1n) is 19.4. The molecule has 11 rings (SSSR count). The van der Waals surface area contributed by atoms with Crippen LogP contribution in [0.1, 0.15) is 62.4 Å². The largest absolute Gasteiger partial charge is 0.508 e. The van der Waals surface area contributed by atoms with Gasteiger partial charge in [-0.2, -0.15) is 0 Å². The standard InChI is InChI=1S/C45H34O18/c46-18-10-27(54)33-30(11-18)60-44(16-2-5-21(48)25(52)8-16)42(57)37(33)36-32(61-44)14-28(55)34-38-35-31(62-45(43(38)58,63-41(34)36)17-3-6-22(49)26(53)9-17)13-23(50)19-12-29(56)39(59-40(19)35)15-1-4-20(47)24(51)7-15/h1-11,13-14,29,37-39,42-43,46-58H,12H2/t29-,37+,38+,39+,42+,43+,44-,45+/m0/s1. The average Bonchev–Trinajstić information content (AvgIpc) is 3.22. The molecule has 0 radical (unpaired) electrons. The maximum absolute atomic E-state index is 12.7. The quantitative estimate of drug-likeness (QED) is 0.112. The van der Waals surface area contributed by atoms with Crippen LogP contribution in [0.3, 0.4) is 0 Å². The van der Waals surface area contributed by atoms with Crippen molar-refractivity contribution in [2.45, 2.75) is 54.2 Å². The number of hydrogen-bond acceptors (Lipinski definition) is 18. The molecule has 13 N–H and O–H groups in total. The molecule has 0 fully saturated rings. The summed E-state index contributed by atoms with van der Waals surface area (Å²) in [5, 5.41) is 145. The molecule has 18 heteroatoms. The molecular weight excluding hydrogens is 828 g/mol. The Morgan fingerprint density at radius 3 is 1.51 bits per heavy atom. The Labute approximate surface area is 353 Å². The Bertz CT molecular complexity index is 2990. The van der Waals surface area contributed by atoms with Crippen molar-refractivity contribution in [2.75, 3.05) is 0 Å². The molecule has 5 aliphatic heterocycles. The van der Waals surface area contributed by atoms with Gasteiger partial charge in [-0.1, -0.05) is 6.07 Å². The van der Waals surface area contributed by atoms with Gasteiger partial charge in [0, 0.05) is 69.6 Å². The second-order valence-corrected chi connectivity index (χ2v) is 16.1. The average molecular weight is 863 g/mol. The zero-order valence-corrected chi connectivity index (χ0v) is 32.0. The van der Waals surface area contributed by atoms with E-state index in [0.717, 1.165) is 42.5 Å². The highest BCUT2D eigenvalue weighted by Crippen LogP contribution is 2.67. The van der Waals surface area contributed by atoms with Crippen molar-refractivity contribution < 1.29 is 90.1 Å². The lowest BCUT2D eigenvalue weighted by Gasteiger charge is -2.53. The van der Waals surface area contributed by atoms with E-state index in [4.69, 9.17) is 23.7 Å². The fourth-order valence-electron chi connectivity index (χ4n) is 9.70. The van der Waals surface area contributed by atoms with E-state index in [9.17, 15) is 66.4 Å². The van der Waals surface area contributed by atoms with Crippen molar-refractivity contribution in [2.24, 2.45) is 0 Å². The number of phenolic OH excluding ortho intramolecular Hbond substituents is 10. The Morgan fingerprint density at radius 1 is 0.429 bits per heavy atom. The molecule has 18 nitrogen and oxygen atoms in total. The molecule has 0 aliphatic carbocycles. The zero-order valence-electron chi connectivity index (χ0n) is 32.0. The number of aliphatic hydroxyl groups is 3. The van der Waals surface area contributed by atoms with Crippen molar-refractivity contribution in [3.8, 4) is 86.2 Å². The van der Waals surface area contributed by atoms with Gasteiger partial charge in [0.2, 0.25) is 0 Å². The van der Waals surface area contributed by atoms with Crippen LogP contribution in [-0.2, 0) is 18.0 Å². The summed E-state index contributed by atoms with van der Waals surface area (Å²) in [5.41, 5.74) is -0.123. The molecule has 0 aromatic heterocycles. The highest BCUT2D eigenvalue weighted by atomic mass is 16.7. The Morgan fingerprint density at radius 2 is 0.921 bits per heavy atom. The van der Waals surface area contributed by atoms with Crippen molar-refractivity contribution in [1.29, 1.82) is 0 Å². The maximum atomic E-state index is 12.7. The van der Waals surface area contributed by atoms with Crippen molar-refractivity contribution in [3.63, 3.8) is 0 Å². The number of hydrogen-bond donors (Lipinski definition) is 13. The summed E-state index contributed by atoms with van der Waals surface area (Å²) in [6.45, 7) is 0. The summed E-state index contributed by atoms with van der Waals surface area (Å²) >= 11 is 0. The third-order valence-electron chi connectivity index (χ3n) is 12.5. The SMILES string of the molecule is Oc1cc(O)c2c(c1)O[C@@]1(c3ccc(O)c(O)c3)Oc3cc(O)c4c(c3[C@@H]2[C@H]1O)O[C@@]1(c2ccc(O)c(O)c2)Oc2cc(O)c3c(c2[C@@H]4[C@H]1O)O[C@H](c1ccc(O)c(O)c1)[C@@H](O)C3. The van der Waals surface area contributed by atoms with Gasteiger partial charge in [-0.05, 0) is 54.1 Å². The van der Waals surface area contributed by atoms with E-state index in [-0.39, 0.29) is 79.7 Å². The van der Waals surface area contributed by atoms with E-state index >= 15 is 0 Å². The number of aromatic hydroxyl groups is 10. The molecular formula is C45H34O18. The predicted molar refractivity (Wildman–Crippen MR) is 210 cm³/mol. The van der Waals surface area contributed by atoms with E-state index in [2.05, 4.69) is 0 Å². The summed E-state index contributed by atoms with van der Waals surface area (Å²) in [6.07, 6.45) is -6.54. The molecule has 4 bridgehead atoms. The molecule has 63 heavy (non-hydrogen) atoms. The number of phenols is 10. The van der Waals surface area contributed by atoms with Crippen LogP contribution in [0, 0.1) is 0 Å². The van der Waals surface area contributed by atoms with Crippen molar-refractivity contribution >= 4 is 0 Å². The van der Waals surface area contributed by atoms with E-state index in [0.29, 0.717) is 0 Å². The van der Waals surface area contributed by atoms with Gasteiger partial charge in [-0.15, -0.1) is 0 Å². The summed E-state index contributed by atoms with van der Waals surface area (Å²) in [7, 11) is 0. The lowest BCUT2D eigenvalue weighted by Crippen LogP contribution is -2.59. The van der Waals surface area contributed by atoms with Crippen LogP contribution in [0.2, 0.25) is 0 Å². The number of ether oxygens (including phenoxy) is 5. The van der Waals surface area contributed by atoms with Gasteiger partial charge < -0.3 is 90.1 Å². The van der Waals surface area contributed by atoms with Crippen LogP contribution < -0.4 is 23.7 Å². The second kappa shape index (κ2) is 12.6. The summed E-state index contributed by atoms with van der Waals surface area (Å²) in [6, 6.07) is 15.2. The molecule has 0 saturated carbocycles. The molecule has 0 spiro atoms. The van der Waals surface area contributed by atoms with Crippen molar-refractivity contribution in [3.05, 3.63) is 123 Å². The monoisotopic (exact) mass is 862 g/mol. The first-order valence-corrected chi connectivity index (χ1v) is 19.4. The number of aliphatic hydroxyl groups excluding tert-OH is 3. The molecule has 8 atom stereocenters. The molecule has 6 aromatic carbocycles. The van der Waals surface area contributed by atoms with E-state index in [1.807, 2.05) is 0 Å². The third-order valence-corrected chi connectivity index (χ3v) is 12.5. The summed E-state index contributed by atoms with van der Waals surface area (Å²) in [4.78, 5) is 0. The Kier molecular flexibility index (Phi) is 7.65. The van der Waals surface area contributed by atoms with Gasteiger partial charge in [-0.25, -0.2) is 0 Å². The lowest BCUT2D eigenvalue weighted by atomic mass is 9.70. The van der Waals surface area contributed by atoms with Gasteiger partial charge in [0.05, 0.1) is 17.9 Å². The molecule has 0 amide bonds. The van der Waals surface area contributed by atoms with Crippen LogP contribution >= 0.6 is 0 Å². The van der Waals surface area contributed by atoms with E-state index in [1.165, 1.54) is 36.4 Å². The molecule has 6 aromatic rings. The van der Waals surface area contributed by atoms with Crippen LogP contribution in [0.4, 0.5) is 0 Å². The van der Waals surface area contributed by atoms with Crippen molar-refractivity contribution in [1.82, 2.24) is 0 Å². The number of rotatable bonds is 3. The zero-order chi connectivity index (χ0) is 44.2. The topological polar surface area (TPSA) is 309 Å². The fourth-order valence-corrected chi connectivity index (χ4v) is 9.70. The maximum Gasteiger partial charge on any atom is 0.305 e. The first kappa shape index (κ1) is 38.1. The highest BCUT2D eigenvalue weighted by Gasteiger charge is 2.64. The first-order chi connectivity index (χ1) is 30.0. The highest BCUT2D eigenvalue weighted by molar-refractivity contribution is 5.73. The predicted octanol–water partition coefficient (Wildman–Crippen LogP) is 4.04. The van der Waals surface area contributed by atoms with Gasteiger partial charge in [0.15, 0.2) is 34.5 Å². The lowest BCUT2D eigenvalue weighted by molar-refractivity contribution is -0.227. The van der Waals surface area contributed by atoms with Gasteiger partial charge in [0.25, 0.3) is 0 Å². The van der Waals surface area contributed by atoms with Crippen LogP contribution in [0.5, 0.6) is 86.2 Å². The number of benzene rings is 6. The summed E-state index contributed by atoms with van der Waals surface area (Å²) < 4.78 is 32.6. The van der Waals surface area contributed by atoms with Crippen LogP contribution in [-0.4, -0.2) is 84.7 Å². The van der Waals surface area contributed by atoms with Crippen LogP contribution in [0.15, 0.2) is 78.9 Å². The van der Waals surface area contributed by atoms with E-state index < -0.39 is 105 Å². The second-order valence-electron chi connectivity index (χ2n) is 16.1. The molecule has 5 heterocycles. The van der Waals surface area contributed by atoms with Gasteiger partial charge in [0.1, 0.15) is 70.1 Å². The minimum Gasteiger partial charge on any atom is -0.508 e. The normalized spacial score (nSPS) is 26.7. The molecule has 0 unspecified atom stereocenters. The smallest absolute Gasteiger partial charge is 0.305 e. The summed E-state index contributed by atoms with van der Waals surface area (Å²) in [5.74, 6) is -13.8. The van der Waals surface area contributed by atoms with Gasteiger partial charge in [-0.3, -0.25) is 0 Å². The third kappa shape index (κ3) is 5.04. The molecule has 5 aliphatic rings. The Balaban J connectivity index is 1.20. The number of fused-ring (bicyclic) bond motifs is 15. The van der Waals surface area contributed by atoms with Gasteiger partial charge >= 0.3 is 11.6 Å². The minimum atomic E-state index is -2.43. The molecule has 0 saturated heterocycles.